The van der Waals surface area contributed by atoms with Crippen LogP contribution < -0.4 is 9.62 Å². The highest BCUT2D eigenvalue weighted by Crippen LogP contribution is 2.26. The highest BCUT2D eigenvalue weighted by atomic mass is 32.2. The van der Waals surface area contributed by atoms with Crippen LogP contribution in [0.1, 0.15) is 16.7 Å². The second-order valence-corrected chi connectivity index (χ2v) is 9.33. The SMILES string of the molecule is Cc1ccc(N(CC(=O)Nc2cc([N+](=O)[O-])ccc2C)S(=O)(=O)c2ccc(C)cc2)cc1. The van der Waals surface area contributed by atoms with E-state index in [9.17, 15) is 23.3 Å². The predicted molar refractivity (Wildman–Crippen MR) is 123 cm³/mol. The molecule has 1 N–H and O–H groups in total. The van der Waals surface area contributed by atoms with E-state index in [2.05, 4.69) is 5.32 Å². The van der Waals surface area contributed by atoms with Crippen LogP contribution in [0.3, 0.4) is 0 Å². The Kier molecular flexibility index (Phi) is 6.59. The molecule has 3 rings (SSSR count). The molecule has 8 nitrogen and oxygen atoms in total. The molecule has 1 amide bonds. The summed E-state index contributed by atoms with van der Waals surface area (Å²) in [5, 5.41) is 13.7. The fourth-order valence-corrected chi connectivity index (χ4v) is 4.46. The number of nitro benzene ring substituents is 1. The Bertz CT molecular complexity index is 1250. The monoisotopic (exact) mass is 453 g/mol. The Hall–Kier alpha value is -3.72. The van der Waals surface area contributed by atoms with Crippen molar-refractivity contribution >= 4 is 33.0 Å². The maximum absolute atomic E-state index is 13.4. The number of rotatable bonds is 7. The first-order chi connectivity index (χ1) is 15.1. The lowest BCUT2D eigenvalue weighted by Gasteiger charge is -2.24. The van der Waals surface area contributed by atoms with Gasteiger partial charge in [-0.2, -0.15) is 0 Å². The van der Waals surface area contributed by atoms with Gasteiger partial charge in [0.2, 0.25) is 5.91 Å². The standard InChI is InChI=1S/C23H23N3O5S/c1-16-4-9-19(10-5-16)25(32(30,31)21-12-6-17(2)7-13-21)15-23(27)24-22-14-20(26(28)29)11-8-18(22)3/h4-14H,15H2,1-3H3,(H,24,27). The van der Waals surface area contributed by atoms with Crippen LogP contribution in [-0.2, 0) is 14.8 Å². The molecule has 0 aromatic heterocycles. The number of carbonyl (C=O) groups is 1. The fraction of sp³-hybridized carbons (Fsp3) is 0.174. The quantitative estimate of drug-likeness (QED) is 0.422. The first kappa shape index (κ1) is 23.0. The Morgan fingerprint density at radius 1 is 0.938 bits per heavy atom. The maximum atomic E-state index is 13.4. The largest absolute Gasteiger partial charge is 0.324 e. The summed E-state index contributed by atoms with van der Waals surface area (Å²) < 4.78 is 27.8. The average molecular weight is 454 g/mol. The topological polar surface area (TPSA) is 110 Å². The Morgan fingerprint density at radius 2 is 1.50 bits per heavy atom. The average Bonchev–Trinajstić information content (AvgIpc) is 2.74. The molecule has 0 fully saturated rings. The number of nitrogens with one attached hydrogen (secondary N) is 1. The molecular formula is C23H23N3O5S. The van der Waals surface area contributed by atoms with Gasteiger partial charge < -0.3 is 5.32 Å². The maximum Gasteiger partial charge on any atom is 0.271 e. The van der Waals surface area contributed by atoms with Gasteiger partial charge in [-0.1, -0.05) is 41.5 Å². The number of aryl methyl sites for hydroxylation is 3. The molecule has 0 unspecified atom stereocenters. The van der Waals surface area contributed by atoms with Gasteiger partial charge in [0.25, 0.3) is 15.7 Å². The van der Waals surface area contributed by atoms with Crippen molar-refractivity contribution in [1.82, 2.24) is 0 Å². The molecular weight excluding hydrogens is 430 g/mol. The number of nitrogens with zero attached hydrogens (tertiary/aromatic N) is 2. The minimum atomic E-state index is -4.04. The third kappa shape index (κ3) is 5.12. The van der Waals surface area contributed by atoms with E-state index < -0.39 is 27.4 Å². The van der Waals surface area contributed by atoms with Gasteiger partial charge in [-0.05, 0) is 50.6 Å². The van der Waals surface area contributed by atoms with E-state index in [4.69, 9.17) is 0 Å². The highest BCUT2D eigenvalue weighted by molar-refractivity contribution is 7.92. The first-order valence-electron chi connectivity index (χ1n) is 9.79. The summed E-state index contributed by atoms with van der Waals surface area (Å²) in [7, 11) is -4.04. The van der Waals surface area contributed by atoms with E-state index in [1.807, 2.05) is 13.8 Å². The number of anilines is 2. The van der Waals surface area contributed by atoms with Crippen molar-refractivity contribution in [3.63, 3.8) is 0 Å². The van der Waals surface area contributed by atoms with Crippen LogP contribution >= 0.6 is 0 Å². The van der Waals surface area contributed by atoms with E-state index in [0.29, 0.717) is 11.3 Å². The van der Waals surface area contributed by atoms with Gasteiger partial charge in [-0.15, -0.1) is 0 Å². The lowest BCUT2D eigenvalue weighted by atomic mass is 10.2. The smallest absolute Gasteiger partial charge is 0.271 e. The third-order valence-electron chi connectivity index (χ3n) is 4.92. The summed E-state index contributed by atoms with van der Waals surface area (Å²) >= 11 is 0. The van der Waals surface area contributed by atoms with Crippen LogP contribution in [0.15, 0.2) is 71.6 Å². The van der Waals surface area contributed by atoms with Crippen LogP contribution in [0, 0.1) is 30.9 Å². The Labute approximate surface area is 186 Å². The Balaban J connectivity index is 1.95. The molecule has 0 saturated carbocycles. The van der Waals surface area contributed by atoms with Gasteiger partial charge in [0, 0.05) is 12.1 Å². The van der Waals surface area contributed by atoms with Gasteiger partial charge in [0.1, 0.15) is 6.54 Å². The second kappa shape index (κ2) is 9.19. The van der Waals surface area contributed by atoms with Gasteiger partial charge in [0.05, 0.1) is 21.2 Å². The van der Waals surface area contributed by atoms with Crippen molar-refractivity contribution in [3.05, 3.63) is 93.5 Å². The van der Waals surface area contributed by atoms with Crippen LogP contribution in [0.5, 0.6) is 0 Å². The van der Waals surface area contributed by atoms with Crippen molar-refractivity contribution in [3.8, 4) is 0 Å². The summed E-state index contributed by atoms with van der Waals surface area (Å²) in [6, 6.07) is 17.3. The molecule has 0 bridgehead atoms. The van der Waals surface area contributed by atoms with Gasteiger partial charge in [-0.3, -0.25) is 19.2 Å². The number of benzene rings is 3. The minimum Gasteiger partial charge on any atom is -0.324 e. The number of non-ortho nitro benzene ring substituents is 1. The van der Waals surface area contributed by atoms with E-state index in [-0.39, 0.29) is 16.3 Å². The lowest BCUT2D eigenvalue weighted by molar-refractivity contribution is -0.384. The van der Waals surface area contributed by atoms with E-state index in [1.165, 1.54) is 30.3 Å². The first-order valence-corrected chi connectivity index (χ1v) is 11.2. The normalized spacial score (nSPS) is 11.1. The molecule has 0 spiro atoms. The molecule has 0 heterocycles. The van der Waals surface area contributed by atoms with E-state index >= 15 is 0 Å². The predicted octanol–water partition coefficient (Wildman–Crippen LogP) is 4.35. The Morgan fingerprint density at radius 3 is 2.06 bits per heavy atom. The van der Waals surface area contributed by atoms with Gasteiger partial charge >= 0.3 is 0 Å². The third-order valence-corrected chi connectivity index (χ3v) is 6.71. The van der Waals surface area contributed by atoms with Crippen LogP contribution in [-0.4, -0.2) is 25.8 Å². The van der Waals surface area contributed by atoms with Crippen LogP contribution in [0.2, 0.25) is 0 Å². The van der Waals surface area contributed by atoms with E-state index in [1.54, 1.807) is 43.3 Å². The molecule has 0 aliphatic rings. The zero-order valence-electron chi connectivity index (χ0n) is 17.9. The van der Waals surface area contributed by atoms with Crippen molar-refractivity contribution < 1.29 is 18.1 Å². The highest BCUT2D eigenvalue weighted by Gasteiger charge is 2.27. The molecule has 9 heteroatoms. The number of sulfonamides is 1. The van der Waals surface area contributed by atoms with Gasteiger partial charge in [-0.25, -0.2) is 8.42 Å². The van der Waals surface area contributed by atoms with Gasteiger partial charge in [0.15, 0.2) is 0 Å². The minimum absolute atomic E-state index is 0.0583. The van der Waals surface area contributed by atoms with Crippen molar-refractivity contribution in [1.29, 1.82) is 0 Å². The molecule has 3 aromatic carbocycles. The molecule has 0 aliphatic heterocycles. The molecule has 0 radical (unpaired) electrons. The molecule has 0 saturated heterocycles. The zero-order valence-corrected chi connectivity index (χ0v) is 18.7. The zero-order chi connectivity index (χ0) is 23.5. The van der Waals surface area contributed by atoms with Crippen LogP contribution in [0.4, 0.5) is 17.1 Å². The lowest BCUT2D eigenvalue weighted by Crippen LogP contribution is -2.38. The molecule has 166 valence electrons. The molecule has 0 aliphatic carbocycles. The van der Waals surface area contributed by atoms with Crippen molar-refractivity contribution in [2.45, 2.75) is 25.7 Å². The number of hydrogen-bond acceptors (Lipinski definition) is 5. The number of nitro groups is 1. The molecule has 32 heavy (non-hydrogen) atoms. The summed E-state index contributed by atoms with van der Waals surface area (Å²) in [6.07, 6.45) is 0. The number of carbonyl (C=O) groups excluding carboxylic acids is 1. The molecule has 3 aromatic rings. The van der Waals surface area contributed by atoms with Crippen LogP contribution in [0.25, 0.3) is 0 Å². The number of amides is 1. The number of hydrogen-bond donors (Lipinski definition) is 1. The van der Waals surface area contributed by atoms with Crippen molar-refractivity contribution in [2.24, 2.45) is 0 Å². The summed E-state index contributed by atoms with van der Waals surface area (Å²) in [5.74, 6) is -0.621. The summed E-state index contributed by atoms with van der Waals surface area (Å²) in [6.45, 7) is 4.92. The second-order valence-electron chi connectivity index (χ2n) is 7.46. The molecule has 0 atom stereocenters. The van der Waals surface area contributed by atoms with E-state index in [0.717, 1.165) is 15.4 Å². The summed E-state index contributed by atoms with van der Waals surface area (Å²) in [4.78, 5) is 23.4. The summed E-state index contributed by atoms with van der Waals surface area (Å²) in [5.41, 5.74) is 2.88. The van der Waals surface area contributed by atoms with Crippen molar-refractivity contribution in [2.75, 3.05) is 16.2 Å². The fourth-order valence-electron chi connectivity index (χ4n) is 3.04.